The van der Waals surface area contributed by atoms with Crippen molar-refractivity contribution in [1.82, 2.24) is 14.8 Å². The largest absolute Gasteiger partial charge is 0.494 e. The molecule has 0 aliphatic heterocycles. The predicted molar refractivity (Wildman–Crippen MR) is 101 cm³/mol. The monoisotopic (exact) mass is 416 g/mol. The van der Waals surface area contributed by atoms with E-state index in [2.05, 4.69) is 20.2 Å². The van der Waals surface area contributed by atoms with Crippen LogP contribution in [0.5, 0.6) is 11.5 Å². The van der Waals surface area contributed by atoms with Crippen molar-refractivity contribution in [3.05, 3.63) is 41.4 Å². The molecule has 11 heteroatoms. The van der Waals surface area contributed by atoms with Crippen molar-refractivity contribution < 1.29 is 22.6 Å². The lowest BCUT2D eigenvalue weighted by Crippen LogP contribution is -2.40. The highest BCUT2D eigenvalue weighted by Crippen LogP contribution is 2.33. The predicted octanol–water partition coefficient (Wildman–Crippen LogP) is 2.17. The first kappa shape index (κ1) is 21.2. The van der Waals surface area contributed by atoms with Crippen LogP contribution in [0.1, 0.15) is 18.9 Å². The van der Waals surface area contributed by atoms with E-state index < -0.39 is 21.4 Å². The number of benzene rings is 1. The van der Waals surface area contributed by atoms with Crippen molar-refractivity contribution in [2.45, 2.75) is 18.3 Å². The van der Waals surface area contributed by atoms with E-state index in [1.54, 1.807) is 18.2 Å². The van der Waals surface area contributed by atoms with Crippen LogP contribution in [0, 0.1) is 0 Å². The van der Waals surface area contributed by atoms with Crippen LogP contribution in [0.3, 0.4) is 0 Å². The van der Waals surface area contributed by atoms with Gasteiger partial charge < -0.3 is 19.6 Å². The number of nitrogens with one attached hydrogen (secondary N) is 2. The third-order valence-corrected chi connectivity index (χ3v) is 5.62. The second-order valence-electron chi connectivity index (χ2n) is 5.43. The molecule has 2 atom stereocenters. The summed E-state index contributed by atoms with van der Waals surface area (Å²) >= 11 is 5.77. The summed E-state index contributed by atoms with van der Waals surface area (Å²) in [6, 6.07) is 5.06. The number of aromatic nitrogens is 2. The molecule has 0 saturated heterocycles. The lowest BCUT2D eigenvalue weighted by atomic mass is 10.2. The summed E-state index contributed by atoms with van der Waals surface area (Å²) in [6.07, 6.45) is 1.85. The first-order valence-corrected chi connectivity index (χ1v) is 9.74. The number of hydrogen-bond donors (Lipinski definition) is 2. The van der Waals surface area contributed by atoms with E-state index in [4.69, 9.17) is 25.8 Å². The molecule has 0 saturated carbocycles. The summed E-state index contributed by atoms with van der Waals surface area (Å²) in [5.41, 5.74) is 2.98. The number of methoxy groups -OCH3 is 3. The Labute approximate surface area is 163 Å². The second-order valence-corrected chi connectivity index (χ2v) is 7.90. The Balaban J connectivity index is 2.21. The van der Waals surface area contributed by atoms with Gasteiger partial charge in [-0.25, -0.2) is 18.4 Å². The van der Waals surface area contributed by atoms with Crippen LogP contribution in [0.15, 0.2) is 30.6 Å². The molecule has 2 rings (SSSR count). The van der Waals surface area contributed by atoms with Crippen LogP contribution in [-0.4, -0.2) is 45.0 Å². The fourth-order valence-electron chi connectivity index (χ4n) is 2.33. The van der Waals surface area contributed by atoms with E-state index >= 15 is 0 Å². The van der Waals surface area contributed by atoms with Crippen molar-refractivity contribution in [1.29, 1.82) is 0 Å². The minimum absolute atomic E-state index is 0.203. The van der Waals surface area contributed by atoms with Gasteiger partial charge in [-0.3, -0.25) is 0 Å². The quantitative estimate of drug-likeness (QED) is 0.598. The van der Waals surface area contributed by atoms with E-state index in [1.165, 1.54) is 40.6 Å². The summed E-state index contributed by atoms with van der Waals surface area (Å²) in [6.45, 7) is 1.48. The normalized spacial score (nSPS) is 13.7. The molecule has 0 amide bonds. The van der Waals surface area contributed by atoms with Gasteiger partial charge in [0.25, 0.3) is 0 Å². The molecule has 0 fully saturated rings. The number of rotatable bonds is 9. The fraction of sp³-hybridized carbons (Fsp3) is 0.375. The molecule has 1 aromatic heterocycles. The van der Waals surface area contributed by atoms with Gasteiger partial charge in [0.15, 0.2) is 5.82 Å². The highest BCUT2D eigenvalue weighted by atomic mass is 35.5. The summed E-state index contributed by atoms with van der Waals surface area (Å²) in [5.74, 6) is 1.03. The molecule has 1 heterocycles. The molecular weight excluding hydrogens is 396 g/mol. The maximum atomic E-state index is 12.7. The van der Waals surface area contributed by atoms with Crippen LogP contribution in [0.25, 0.3) is 0 Å². The highest BCUT2D eigenvalue weighted by molar-refractivity contribution is 7.90. The molecule has 2 N–H and O–H groups in total. The highest BCUT2D eigenvalue weighted by Gasteiger charge is 2.33. The summed E-state index contributed by atoms with van der Waals surface area (Å²) < 4.78 is 41.2. The average molecular weight is 417 g/mol. The van der Waals surface area contributed by atoms with Crippen LogP contribution < -0.4 is 19.7 Å². The van der Waals surface area contributed by atoms with Crippen molar-refractivity contribution in [2.75, 3.05) is 26.8 Å². The van der Waals surface area contributed by atoms with Crippen molar-refractivity contribution in [3.63, 3.8) is 0 Å². The van der Waals surface area contributed by atoms with Crippen molar-refractivity contribution in [3.8, 4) is 11.5 Å². The molecule has 2 aromatic rings. The Morgan fingerprint density at radius 3 is 2.11 bits per heavy atom. The lowest BCUT2D eigenvalue weighted by molar-refractivity contribution is 0.0946. The zero-order valence-corrected chi connectivity index (χ0v) is 16.8. The van der Waals surface area contributed by atoms with Gasteiger partial charge in [-0.05, 0) is 19.1 Å². The minimum atomic E-state index is -3.89. The first-order chi connectivity index (χ1) is 12.8. The molecule has 0 unspecified atom stereocenters. The van der Waals surface area contributed by atoms with Gasteiger partial charge in [-0.15, -0.1) is 4.83 Å². The molecule has 0 radical (unpaired) electrons. The SMILES string of the molecule is COc1cccc(OC)c1NNS(=O)(=O)[C@@H](C)[C@H](OC)c1ncc(Cl)cn1. The number of hydrazine groups is 1. The van der Waals surface area contributed by atoms with Gasteiger partial charge in [0.05, 0.1) is 19.2 Å². The summed E-state index contributed by atoms with van der Waals surface area (Å²) in [7, 11) is 0.428. The smallest absolute Gasteiger partial charge is 0.233 e. The number of anilines is 1. The molecule has 9 nitrogen and oxygen atoms in total. The number of nitrogens with zero attached hydrogens (tertiary/aromatic N) is 2. The molecule has 0 bridgehead atoms. The van der Waals surface area contributed by atoms with E-state index in [0.717, 1.165) is 0 Å². The van der Waals surface area contributed by atoms with Crippen molar-refractivity contribution in [2.24, 2.45) is 0 Å². The van der Waals surface area contributed by atoms with Crippen LogP contribution in [0.4, 0.5) is 5.69 Å². The fourth-order valence-corrected chi connectivity index (χ4v) is 3.41. The summed E-state index contributed by atoms with van der Waals surface area (Å²) in [4.78, 5) is 10.4. The van der Waals surface area contributed by atoms with E-state index in [1.807, 2.05) is 0 Å². The number of ether oxygens (including phenoxy) is 3. The topological polar surface area (TPSA) is 112 Å². The van der Waals surface area contributed by atoms with Gasteiger partial charge in [-0.2, -0.15) is 0 Å². The average Bonchev–Trinajstić information content (AvgIpc) is 2.67. The molecular formula is C16H21ClN4O5S. The third-order valence-electron chi connectivity index (χ3n) is 3.81. The van der Waals surface area contributed by atoms with Crippen LogP contribution in [0.2, 0.25) is 5.02 Å². The summed E-state index contributed by atoms with van der Waals surface area (Å²) in [5, 5.41) is -0.677. The van der Waals surface area contributed by atoms with Crippen LogP contribution in [-0.2, 0) is 14.8 Å². The lowest BCUT2D eigenvalue weighted by Gasteiger charge is -2.23. The van der Waals surface area contributed by atoms with Gasteiger partial charge in [0, 0.05) is 19.5 Å². The molecule has 0 aliphatic rings. The molecule has 0 aliphatic carbocycles. The first-order valence-electron chi connectivity index (χ1n) is 7.82. The van der Waals surface area contributed by atoms with E-state index in [9.17, 15) is 8.42 Å². The zero-order valence-electron chi connectivity index (χ0n) is 15.3. The molecule has 27 heavy (non-hydrogen) atoms. The number of sulfonamides is 1. The second kappa shape index (κ2) is 9.18. The van der Waals surface area contributed by atoms with Gasteiger partial charge in [-0.1, -0.05) is 17.7 Å². The Hall–Kier alpha value is -2.14. The standard InChI is InChI=1S/C16H21ClN4O5S/c1-10(15(26-4)16-18-8-11(17)9-19-16)27(22,23)21-20-14-12(24-2)6-5-7-13(14)25-3/h5-10,15,20-21H,1-4H3/t10-,15-/m0/s1. The maximum absolute atomic E-state index is 12.7. The van der Waals surface area contributed by atoms with Gasteiger partial charge in [0.2, 0.25) is 10.0 Å². The van der Waals surface area contributed by atoms with Gasteiger partial charge >= 0.3 is 0 Å². The van der Waals surface area contributed by atoms with E-state index in [0.29, 0.717) is 22.2 Å². The number of para-hydroxylation sites is 1. The number of halogens is 1. The Morgan fingerprint density at radius 1 is 1.07 bits per heavy atom. The Bertz CT molecular complexity index is 841. The van der Waals surface area contributed by atoms with E-state index in [-0.39, 0.29) is 5.82 Å². The Morgan fingerprint density at radius 2 is 1.63 bits per heavy atom. The third kappa shape index (κ3) is 4.98. The molecule has 0 spiro atoms. The number of hydrogen-bond acceptors (Lipinski definition) is 8. The Kier molecular flexibility index (Phi) is 7.19. The van der Waals surface area contributed by atoms with Crippen molar-refractivity contribution >= 4 is 27.3 Å². The molecule has 1 aromatic carbocycles. The zero-order chi connectivity index (χ0) is 20.0. The van der Waals surface area contributed by atoms with Crippen LogP contribution >= 0.6 is 11.6 Å². The minimum Gasteiger partial charge on any atom is -0.494 e. The maximum Gasteiger partial charge on any atom is 0.233 e. The molecule has 148 valence electrons. The van der Waals surface area contributed by atoms with Gasteiger partial charge in [0.1, 0.15) is 28.5 Å².